The van der Waals surface area contributed by atoms with E-state index in [9.17, 15) is 0 Å². The molecule has 21 heavy (non-hydrogen) atoms. The number of nitrogens with zero attached hydrogens (tertiary/aromatic N) is 2. The average Bonchev–Trinajstić information content (AvgIpc) is 2.97. The molecule has 2 heterocycles. The smallest absolute Gasteiger partial charge is 0.239 e. The molecule has 0 aliphatic heterocycles. The first kappa shape index (κ1) is 12.6. The Morgan fingerprint density at radius 2 is 1.86 bits per heavy atom. The summed E-state index contributed by atoms with van der Waals surface area (Å²) in [7, 11) is 4.17. The van der Waals surface area contributed by atoms with Crippen molar-refractivity contribution in [3.63, 3.8) is 0 Å². The Kier molecular flexibility index (Phi) is 2.66. The first-order valence-electron chi connectivity index (χ1n) is 7.07. The van der Waals surface area contributed by atoms with Crippen molar-refractivity contribution in [2.45, 2.75) is 6.92 Å². The molecule has 104 valence electrons. The van der Waals surface area contributed by atoms with Crippen LogP contribution in [0.4, 0.5) is 0 Å². The molecule has 0 aliphatic carbocycles. The molecule has 0 radical (unpaired) electrons. The van der Waals surface area contributed by atoms with Gasteiger partial charge in [-0.3, -0.25) is 0 Å². The van der Waals surface area contributed by atoms with E-state index >= 15 is 0 Å². The average molecular weight is 293 g/mol. The minimum Gasteiger partial charge on any atom is -0.239 e. The van der Waals surface area contributed by atoms with Gasteiger partial charge in [0.05, 0.1) is 14.1 Å². The highest BCUT2D eigenvalue weighted by Gasteiger charge is 2.15. The van der Waals surface area contributed by atoms with Gasteiger partial charge in [0, 0.05) is 25.7 Å². The molecule has 0 spiro atoms. The molecule has 2 nitrogen and oxygen atoms in total. The number of hydrogen-bond donors (Lipinski definition) is 0. The molecule has 0 saturated heterocycles. The van der Waals surface area contributed by atoms with Crippen molar-refractivity contribution in [2.24, 2.45) is 14.1 Å². The molecule has 3 heteroatoms. The zero-order valence-electron chi connectivity index (χ0n) is 12.4. The molecular formula is C18H17N2S+. The molecule has 0 fully saturated rings. The van der Waals surface area contributed by atoms with Crippen molar-refractivity contribution in [2.75, 3.05) is 0 Å². The van der Waals surface area contributed by atoms with Crippen LogP contribution in [-0.4, -0.2) is 4.57 Å². The van der Waals surface area contributed by atoms with Crippen LogP contribution in [-0.2, 0) is 14.1 Å². The third-order valence-electron chi connectivity index (χ3n) is 4.06. The van der Waals surface area contributed by atoms with Crippen LogP contribution < -0.4 is 4.57 Å². The van der Waals surface area contributed by atoms with Gasteiger partial charge in [-0.15, -0.1) is 11.3 Å². The van der Waals surface area contributed by atoms with Crippen LogP contribution >= 0.6 is 11.3 Å². The highest BCUT2D eigenvalue weighted by atomic mass is 32.1. The fourth-order valence-electron chi connectivity index (χ4n) is 3.07. The van der Waals surface area contributed by atoms with Crippen LogP contribution in [0.5, 0.6) is 0 Å². The van der Waals surface area contributed by atoms with Gasteiger partial charge in [-0.05, 0) is 30.7 Å². The van der Waals surface area contributed by atoms with Gasteiger partial charge in [-0.25, -0.2) is 9.13 Å². The Labute approximate surface area is 127 Å². The van der Waals surface area contributed by atoms with Gasteiger partial charge in [-0.2, -0.15) is 0 Å². The first-order valence-corrected chi connectivity index (χ1v) is 7.89. The molecule has 0 bridgehead atoms. The van der Waals surface area contributed by atoms with Crippen molar-refractivity contribution in [1.82, 2.24) is 4.57 Å². The molecular weight excluding hydrogens is 276 g/mol. The van der Waals surface area contributed by atoms with Crippen LogP contribution in [0, 0.1) is 6.92 Å². The molecule has 2 aromatic heterocycles. The number of aryl methyl sites for hydroxylation is 3. The lowest BCUT2D eigenvalue weighted by Gasteiger charge is -2.03. The van der Waals surface area contributed by atoms with Crippen LogP contribution in [0.1, 0.15) is 5.56 Å². The van der Waals surface area contributed by atoms with E-state index in [1.165, 1.54) is 37.0 Å². The molecule has 0 amide bonds. The van der Waals surface area contributed by atoms with Crippen molar-refractivity contribution in [3.05, 3.63) is 54.5 Å². The molecule has 0 aliphatic rings. The summed E-state index contributed by atoms with van der Waals surface area (Å²) >= 11 is 1.88. The number of rotatable bonds is 1. The third-order valence-corrected chi connectivity index (χ3v) is 5.19. The highest BCUT2D eigenvalue weighted by Crippen LogP contribution is 2.37. The topological polar surface area (TPSA) is 8.81 Å². The second-order valence-electron chi connectivity index (χ2n) is 5.67. The summed E-state index contributed by atoms with van der Waals surface area (Å²) in [6.07, 6.45) is 4.28. The van der Waals surface area contributed by atoms with Gasteiger partial charge in [0.15, 0.2) is 5.69 Å². The summed E-state index contributed by atoms with van der Waals surface area (Å²) in [5.74, 6) is 0. The van der Waals surface area contributed by atoms with Crippen LogP contribution in [0.2, 0.25) is 0 Å². The minimum atomic E-state index is 1.26. The molecule has 4 aromatic rings. The second kappa shape index (κ2) is 4.43. The van der Waals surface area contributed by atoms with Crippen molar-refractivity contribution in [1.29, 1.82) is 0 Å². The van der Waals surface area contributed by atoms with Crippen molar-refractivity contribution in [3.8, 4) is 11.3 Å². The number of aromatic nitrogens is 2. The van der Waals surface area contributed by atoms with Crippen molar-refractivity contribution >= 4 is 31.5 Å². The molecule has 0 N–H and O–H groups in total. The zero-order valence-corrected chi connectivity index (χ0v) is 13.2. The van der Waals surface area contributed by atoms with Gasteiger partial charge in [-0.1, -0.05) is 18.2 Å². The summed E-state index contributed by atoms with van der Waals surface area (Å²) in [6.45, 7) is 2.20. The van der Waals surface area contributed by atoms with Gasteiger partial charge < -0.3 is 0 Å². The zero-order chi connectivity index (χ0) is 14.6. The third kappa shape index (κ3) is 1.88. The maximum absolute atomic E-state index is 2.34. The van der Waals surface area contributed by atoms with Gasteiger partial charge in [0.1, 0.15) is 6.20 Å². The summed E-state index contributed by atoms with van der Waals surface area (Å²) in [4.78, 5) is 0. The highest BCUT2D eigenvalue weighted by molar-refractivity contribution is 7.25. The summed E-state index contributed by atoms with van der Waals surface area (Å²) in [5, 5.41) is 2.74. The number of hydrogen-bond acceptors (Lipinski definition) is 1. The van der Waals surface area contributed by atoms with Crippen LogP contribution in [0.15, 0.2) is 48.9 Å². The Balaban J connectivity index is 2.05. The quantitative estimate of drug-likeness (QED) is 0.465. The predicted molar refractivity (Wildman–Crippen MR) is 89.7 cm³/mol. The number of fused-ring (bicyclic) bond motifs is 3. The van der Waals surface area contributed by atoms with Crippen LogP contribution in [0.25, 0.3) is 31.4 Å². The summed E-state index contributed by atoms with van der Waals surface area (Å²) in [5.41, 5.74) is 3.90. The Hall–Kier alpha value is -2.13. The normalized spacial score (nSPS) is 11.6. The maximum Gasteiger partial charge on any atom is 0.243 e. The van der Waals surface area contributed by atoms with E-state index in [-0.39, 0.29) is 0 Å². The maximum atomic E-state index is 2.34. The number of thiophene rings is 1. The van der Waals surface area contributed by atoms with Gasteiger partial charge in [0.25, 0.3) is 0 Å². The lowest BCUT2D eigenvalue weighted by atomic mass is 10.0. The monoisotopic (exact) mass is 293 g/mol. The van der Waals surface area contributed by atoms with E-state index in [1.807, 2.05) is 11.3 Å². The minimum absolute atomic E-state index is 1.26. The molecule has 4 rings (SSSR count). The van der Waals surface area contributed by atoms with Crippen LogP contribution in [0.3, 0.4) is 0 Å². The SMILES string of the molecule is Cc1cc2c(cc1-c1c[n+](C)cn1C)sc1ccccc12. The predicted octanol–water partition coefficient (Wildman–Crippen LogP) is 4.19. The molecule has 0 saturated carbocycles. The lowest BCUT2D eigenvalue weighted by molar-refractivity contribution is -0.670. The van der Waals surface area contributed by atoms with E-state index < -0.39 is 0 Å². The van der Waals surface area contributed by atoms with E-state index in [0.29, 0.717) is 0 Å². The molecule has 0 atom stereocenters. The lowest BCUT2D eigenvalue weighted by Crippen LogP contribution is -2.23. The molecule has 2 aromatic carbocycles. The Morgan fingerprint density at radius 3 is 2.62 bits per heavy atom. The number of benzene rings is 2. The fraction of sp³-hybridized carbons (Fsp3) is 0.167. The number of imidazole rings is 1. The van der Waals surface area contributed by atoms with Gasteiger partial charge in [0.2, 0.25) is 6.33 Å². The first-order chi connectivity index (χ1) is 10.1. The van der Waals surface area contributed by atoms with E-state index in [1.54, 1.807) is 0 Å². The largest absolute Gasteiger partial charge is 0.243 e. The molecule has 0 unspecified atom stereocenters. The van der Waals surface area contributed by atoms with E-state index in [4.69, 9.17) is 0 Å². The standard InChI is InChI=1S/C18H17N2S/c1-12-8-15-13-6-4-5-7-17(13)21-18(15)9-14(12)16-10-19(2)11-20(16)3/h4-11H,1-3H3/q+1. The Bertz CT molecular complexity index is 976. The summed E-state index contributed by atoms with van der Waals surface area (Å²) < 4.78 is 7.01. The second-order valence-corrected chi connectivity index (χ2v) is 6.75. The fourth-order valence-corrected chi connectivity index (χ4v) is 4.19. The summed E-state index contributed by atoms with van der Waals surface area (Å²) in [6, 6.07) is 13.3. The Morgan fingerprint density at radius 1 is 1.05 bits per heavy atom. The van der Waals surface area contributed by atoms with Gasteiger partial charge >= 0.3 is 0 Å². The van der Waals surface area contributed by atoms with E-state index in [2.05, 4.69) is 79.1 Å². The van der Waals surface area contributed by atoms with E-state index in [0.717, 1.165) is 0 Å². The van der Waals surface area contributed by atoms with Crippen molar-refractivity contribution < 1.29 is 4.57 Å².